The lowest BCUT2D eigenvalue weighted by Gasteiger charge is -2.18. The van der Waals surface area contributed by atoms with Crippen molar-refractivity contribution in [2.45, 2.75) is 19.4 Å². The fourth-order valence-corrected chi connectivity index (χ4v) is 1.10. The molecule has 0 aliphatic heterocycles. The summed E-state index contributed by atoms with van der Waals surface area (Å²) < 4.78 is 5.00. The average Bonchev–Trinajstić information content (AvgIpc) is 2.12. The van der Waals surface area contributed by atoms with E-state index in [1.54, 1.807) is 6.92 Å². The number of carbonyl (C=O) groups is 1. The van der Waals surface area contributed by atoms with Gasteiger partial charge in [-0.3, -0.25) is 0 Å². The van der Waals surface area contributed by atoms with Gasteiger partial charge in [-0.05, 0) is 6.42 Å². The lowest BCUT2D eigenvalue weighted by atomic mass is 10.2. The molecule has 0 fully saturated rings. The average molecular weight is 211 g/mol. The predicted molar refractivity (Wildman–Crippen MR) is 49.5 cm³/mol. The second kappa shape index (κ2) is 4.54. The van der Waals surface area contributed by atoms with E-state index in [1.165, 1.54) is 12.1 Å². The van der Waals surface area contributed by atoms with Gasteiger partial charge < -0.3 is 24.9 Å². The van der Waals surface area contributed by atoms with Crippen molar-refractivity contribution in [1.29, 1.82) is 0 Å². The van der Waals surface area contributed by atoms with Gasteiger partial charge in [0.05, 0.1) is 5.97 Å². The molecular weight excluding hydrogens is 200 g/mol. The number of aliphatic carboxylic acids is 1. The Balaban J connectivity index is 2.83. The fraction of sp³-hybridized carbons (Fsp3) is 0.300. The molecule has 1 aromatic rings. The van der Waals surface area contributed by atoms with Crippen LogP contribution in [0.3, 0.4) is 0 Å². The van der Waals surface area contributed by atoms with E-state index in [9.17, 15) is 9.90 Å². The Bertz CT molecular complexity index is 341. The molecule has 0 saturated heterocycles. The van der Waals surface area contributed by atoms with E-state index in [2.05, 4.69) is 0 Å². The van der Waals surface area contributed by atoms with Crippen molar-refractivity contribution in [1.82, 2.24) is 0 Å². The van der Waals surface area contributed by atoms with Crippen LogP contribution in [0.5, 0.6) is 17.2 Å². The summed E-state index contributed by atoms with van der Waals surface area (Å²) in [5.41, 5.74) is 0. The van der Waals surface area contributed by atoms with Gasteiger partial charge >= 0.3 is 0 Å². The molecule has 1 unspecified atom stereocenters. The summed E-state index contributed by atoms with van der Waals surface area (Å²) in [7, 11) is 0. The van der Waals surface area contributed by atoms with Crippen molar-refractivity contribution in [3.05, 3.63) is 18.2 Å². The summed E-state index contributed by atoms with van der Waals surface area (Å²) in [5, 5.41) is 28.8. The minimum Gasteiger partial charge on any atom is -0.546 e. The maximum atomic E-state index is 10.5. The van der Waals surface area contributed by atoms with Gasteiger partial charge in [0, 0.05) is 18.2 Å². The molecule has 0 amide bonds. The van der Waals surface area contributed by atoms with Crippen LogP contribution in [0.2, 0.25) is 0 Å². The van der Waals surface area contributed by atoms with Crippen LogP contribution in [0.4, 0.5) is 0 Å². The van der Waals surface area contributed by atoms with Gasteiger partial charge in [-0.15, -0.1) is 0 Å². The molecule has 0 radical (unpaired) electrons. The van der Waals surface area contributed by atoms with E-state index >= 15 is 0 Å². The first-order valence-corrected chi connectivity index (χ1v) is 4.43. The first-order valence-electron chi connectivity index (χ1n) is 4.43. The Morgan fingerprint density at radius 2 is 1.93 bits per heavy atom. The summed E-state index contributed by atoms with van der Waals surface area (Å²) in [5.74, 6) is -1.64. The van der Waals surface area contributed by atoms with Gasteiger partial charge in [0.2, 0.25) is 0 Å². The zero-order valence-corrected chi connectivity index (χ0v) is 8.14. The smallest absolute Gasteiger partial charge is 0.138 e. The highest BCUT2D eigenvalue weighted by molar-refractivity contribution is 5.70. The van der Waals surface area contributed by atoms with Gasteiger partial charge in [-0.2, -0.15) is 0 Å². The molecule has 0 spiro atoms. The molecule has 0 saturated carbocycles. The molecule has 1 rings (SSSR count). The van der Waals surface area contributed by atoms with Crippen molar-refractivity contribution < 1.29 is 24.9 Å². The number of aromatic hydroxyl groups is 2. The van der Waals surface area contributed by atoms with Gasteiger partial charge in [-0.1, -0.05) is 6.92 Å². The molecule has 0 aliphatic rings. The first kappa shape index (κ1) is 11.2. The lowest BCUT2D eigenvalue weighted by Crippen LogP contribution is -2.39. The fourth-order valence-electron chi connectivity index (χ4n) is 1.10. The van der Waals surface area contributed by atoms with Crippen LogP contribution in [0.1, 0.15) is 13.3 Å². The van der Waals surface area contributed by atoms with Gasteiger partial charge in [0.25, 0.3) is 0 Å². The third-order valence-corrected chi connectivity index (χ3v) is 1.79. The third-order valence-electron chi connectivity index (χ3n) is 1.79. The highest BCUT2D eigenvalue weighted by Crippen LogP contribution is 2.26. The number of hydrogen-bond donors (Lipinski definition) is 2. The number of carboxylic acid groups (broad SMARTS) is 1. The van der Waals surface area contributed by atoms with Crippen LogP contribution in [0.15, 0.2) is 18.2 Å². The number of rotatable bonds is 4. The normalized spacial score (nSPS) is 12.1. The Labute approximate surface area is 86.5 Å². The van der Waals surface area contributed by atoms with Gasteiger partial charge in [-0.25, -0.2) is 0 Å². The topological polar surface area (TPSA) is 89.8 Å². The van der Waals surface area contributed by atoms with Crippen molar-refractivity contribution in [3.63, 3.8) is 0 Å². The highest BCUT2D eigenvalue weighted by Gasteiger charge is 2.10. The van der Waals surface area contributed by atoms with Crippen LogP contribution in [-0.2, 0) is 4.79 Å². The van der Waals surface area contributed by atoms with Crippen LogP contribution >= 0.6 is 0 Å². The SMILES string of the molecule is CCC(Oc1cc(O)cc(O)c1)C(=O)[O-]. The van der Waals surface area contributed by atoms with Crippen molar-refractivity contribution in [3.8, 4) is 17.2 Å². The minimum absolute atomic E-state index is 0.0866. The molecule has 82 valence electrons. The van der Waals surface area contributed by atoms with E-state index in [0.29, 0.717) is 0 Å². The summed E-state index contributed by atoms with van der Waals surface area (Å²) in [6.07, 6.45) is -0.857. The molecule has 0 aromatic heterocycles. The standard InChI is InChI=1S/C10H12O5/c1-2-9(10(13)14)15-8-4-6(11)3-7(12)5-8/h3-5,9,11-12H,2H2,1H3,(H,13,14)/p-1. The molecule has 0 aliphatic carbocycles. The third kappa shape index (κ3) is 3.05. The van der Waals surface area contributed by atoms with Crippen LogP contribution < -0.4 is 9.84 Å². The van der Waals surface area contributed by atoms with Crippen LogP contribution in [-0.4, -0.2) is 22.3 Å². The van der Waals surface area contributed by atoms with E-state index in [4.69, 9.17) is 14.9 Å². The number of phenols is 2. The number of carboxylic acids is 1. The number of benzene rings is 1. The molecule has 5 heteroatoms. The zero-order chi connectivity index (χ0) is 11.4. The van der Waals surface area contributed by atoms with E-state index < -0.39 is 12.1 Å². The monoisotopic (exact) mass is 211 g/mol. The van der Waals surface area contributed by atoms with Crippen LogP contribution in [0.25, 0.3) is 0 Å². The van der Waals surface area contributed by atoms with E-state index in [1.807, 2.05) is 0 Å². The van der Waals surface area contributed by atoms with E-state index in [-0.39, 0.29) is 23.7 Å². The summed E-state index contributed by atoms with van der Waals surface area (Å²) in [6.45, 7) is 1.63. The van der Waals surface area contributed by atoms with Gasteiger partial charge in [0.1, 0.15) is 23.4 Å². The number of hydrogen-bond acceptors (Lipinski definition) is 5. The first-order chi connectivity index (χ1) is 7.02. The van der Waals surface area contributed by atoms with Crippen molar-refractivity contribution in [2.24, 2.45) is 0 Å². The molecular formula is C10H11O5-. The Morgan fingerprint density at radius 1 is 1.40 bits per heavy atom. The maximum Gasteiger partial charge on any atom is 0.138 e. The molecule has 1 aromatic carbocycles. The molecule has 2 N–H and O–H groups in total. The van der Waals surface area contributed by atoms with Crippen molar-refractivity contribution >= 4 is 5.97 Å². The Morgan fingerprint density at radius 3 is 2.33 bits per heavy atom. The number of ether oxygens (including phenoxy) is 1. The molecule has 1 atom stereocenters. The number of carbonyl (C=O) groups excluding carboxylic acids is 1. The molecule has 0 heterocycles. The summed E-state index contributed by atoms with van der Waals surface area (Å²) in [4.78, 5) is 10.5. The highest BCUT2D eigenvalue weighted by atomic mass is 16.5. The Hall–Kier alpha value is -1.91. The van der Waals surface area contributed by atoms with Crippen molar-refractivity contribution in [2.75, 3.05) is 0 Å². The lowest BCUT2D eigenvalue weighted by molar-refractivity contribution is -0.313. The van der Waals surface area contributed by atoms with E-state index in [0.717, 1.165) is 6.07 Å². The minimum atomic E-state index is -1.33. The number of phenolic OH excluding ortho intramolecular Hbond substituents is 2. The van der Waals surface area contributed by atoms with Crippen LogP contribution in [0, 0.1) is 0 Å². The second-order valence-electron chi connectivity index (χ2n) is 3.02. The second-order valence-corrected chi connectivity index (χ2v) is 3.02. The molecule has 15 heavy (non-hydrogen) atoms. The maximum absolute atomic E-state index is 10.5. The largest absolute Gasteiger partial charge is 0.546 e. The molecule has 5 nitrogen and oxygen atoms in total. The quantitative estimate of drug-likeness (QED) is 0.731. The molecule has 0 bridgehead atoms. The summed E-state index contributed by atoms with van der Waals surface area (Å²) >= 11 is 0. The predicted octanol–water partition coefficient (Wildman–Crippen LogP) is 0.00510. The Kier molecular flexibility index (Phi) is 3.38. The zero-order valence-electron chi connectivity index (χ0n) is 8.14. The van der Waals surface area contributed by atoms with Gasteiger partial charge in [0.15, 0.2) is 0 Å². The summed E-state index contributed by atoms with van der Waals surface area (Å²) in [6, 6.07) is 3.55.